The average Bonchev–Trinajstić information content (AvgIpc) is 2.48. The van der Waals surface area contributed by atoms with Crippen LogP contribution in [0.15, 0.2) is 24.3 Å². The molecule has 108 valence electrons. The van der Waals surface area contributed by atoms with Crippen LogP contribution in [0.3, 0.4) is 0 Å². The van der Waals surface area contributed by atoms with E-state index in [2.05, 4.69) is 12.2 Å². The topological polar surface area (TPSA) is 49.4 Å². The number of piperidine rings is 1. The van der Waals surface area contributed by atoms with E-state index in [1.165, 1.54) is 5.56 Å². The summed E-state index contributed by atoms with van der Waals surface area (Å²) in [6.07, 6.45) is 4.90. The molecule has 20 heavy (non-hydrogen) atoms. The minimum Gasteiger partial charge on any atom is -0.325 e. The Hall–Kier alpha value is -1.68. The van der Waals surface area contributed by atoms with Gasteiger partial charge in [-0.15, -0.1) is 0 Å². The third kappa shape index (κ3) is 3.90. The number of carbonyl (C=O) groups is 2. The van der Waals surface area contributed by atoms with Crippen LogP contribution in [-0.2, 0) is 16.0 Å². The van der Waals surface area contributed by atoms with Gasteiger partial charge in [0, 0.05) is 5.69 Å². The van der Waals surface area contributed by atoms with Crippen molar-refractivity contribution in [2.45, 2.75) is 38.6 Å². The highest BCUT2D eigenvalue weighted by molar-refractivity contribution is 5.92. The standard InChI is InChI=1S/C16H22N2O2/c1-2-13-6-5-7-14(10-13)17-16(20)11-18-9-4-3-8-15(18)12-19/h5-7,10,12,15H,2-4,8-9,11H2,1H3,(H,17,20). The van der Waals surface area contributed by atoms with Crippen LogP contribution in [0.25, 0.3) is 0 Å². The first-order chi connectivity index (χ1) is 9.72. The van der Waals surface area contributed by atoms with Crippen LogP contribution in [0.2, 0.25) is 0 Å². The van der Waals surface area contributed by atoms with Crippen molar-refractivity contribution in [1.82, 2.24) is 4.90 Å². The number of nitrogens with one attached hydrogen (secondary N) is 1. The summed E-state index contributed by atoms with van der Waals surface area (Å²) in [6.45, 7) is 3.20. The molecule has 2 rings (SSSR count). The van der Waals surface area contributed by atoms with Crippen molar-refractivity contribution in [1.29, 1.82) is 0 Å². The van der Waals surface area contributed by atoms with Gasteiger partial charge in [-0.2, -0.15) is 0 Å². The van der Waals surface area contributed by atoms with Crippen LogP contribution >= 0.6 is 0 Å². The monoisotopic (exact) mass is 274 g/mol. The zero-order valence-corrected chi connectivity index (χ0v) is 12.0. The van der Waals surface area contributed by atoms with Gasteiger partial charge in [0.1, 0.15) is 6.29 Å². The Balaban J connectivity index is 1.92. The molecule has 1 aliphatic rings. The van der Waals surface area contributed by atoms with Gasteiger partial charge in [0.05, 0.1) is 12.6 Å². The first-order valence-electron chi connectivity index (χ1n) is 7.31. The van der Waals surface area contributed by atoms with Crippen LogP contribution in [0, 0.1) is 0 Å². The number of hydrogen-bond acceptors (Lipinski definition) is 3. The van der Waals surface area contributed by atoms with Crippen molar-refractivity contribution < 1.29 is 9.59 Å². The SMILES string of the molecule is CCc1cccc(NC(=O)CN2CCCCC2C=O)c1. The molecular formula is C16H22N2O2. The maximum atomic E-state index is 12.1. The molecule has 1 saturated heterocycles. The summed E-state index contributed by atoms with van der Waals surface area (Å²) in [5, 5.41) is 2.91. The molecule has 1 heterocycles. The van der Waals surface area contributed by atoms with Crippen molar-refractivity contribution >= 4 is 17.9 Å². The summed E-state index contributed by atoms with van der Waals surface area (Å²) in [5.41, 5.74) is 2.03. The number of rotatable bonds is 5. The second kappa shape index (κ2) is 7.20. The minimum atomic E-state index is -0.100. The number of likely N-dealkylation sites (tertiary alicyclic amines) is 1. The van der Waals surface area contributed by atoms with Gasteiger partial charge in [0.15, 0.2) is 0 Å². The van der Waals surface area contributed by atoms with Crippen LogP contribution in [0.4, 0.5) is 5.69 Å². The average molecular weight is 274 g/mol. The van der Waals surface area contributed by atoms with E-state index >= 15 is 0 Å². The number of benzene rings is 1. The molecule has 1 fully saturated rings. The van der Waals surface area contributed by atoms with E-state index in [9.17, 15) is 9.59 Å². The molecule has 0 saturated carbocycles. The molecule has 0 aromatic heterocycles. The smallest absolute Gasteiger partial charge is 0.238 e. The number of anilines is 1. The Morgan fingerprint density at radius 1 is 1.45 bits per heavy atom. The van der Waals surface area contributed by atoms with E-state index < -0.39 is 0 Å². The zero-order chi connectivity index (χ0) is 14.4. The first kappa shape index (κ1) is 14.7. The lowest BCUT2D eigenvalue weighted by atomic mass is 10.0. The van der Waals surface area contributed by atoms with Gasteiger partial charge in [0.25, 0.3) is 0 Å². The van der Waals surface area contributed by atoms with Crippen molar-refractivity contribution in [3.63, 3.8) is 0 Å². The lowest BCUT2D eigenvalue weighted by molar-refractivity contribution is -0.120. The molecule has 1 atom stereocenters. The summed E-state index contributed by atoms with van der Waals surface area (Å²) in [6, 6.07) is 7.78. The number of carbonyl (C=O) groups excluding carboxylic acids is 2. The number of amides is 1. The van der Waals surface area contributed by atoms with E-state index in [1.807, 2.05) is 29.2 Å². The van der Waals surface area contributed by atoms with Gasteiger partial charge < -0.3 is 10.1 Å². The Labute approximate surface area is 120 Å². The molecule has 1 aliphatic heterocycles. The number of nitrogens with zero attached hydrogens (tertiary/aromatic N) is 1. The molecule has 1 N–H and O–H groups in total. The normalized spacial score (nSPS) is 19.6. The largest absolute Gasteiger partial charge is 0.325 e. The van der Waals surface area contributed by atoms with Gasteiger partial charge in [-0.3, -0.25) is 9.69 Å². The summed E-state index contributed by atoms with van der Waals surface area (Å²) >= 11 is 0. The third-order valence-corrected chi connectivity index (χ3v) is 3.79. The van der Waals surface area contributed by atoms with Crippen LogP contribution < -0.4 is 5.32 Å². The van der Waals surface area contributed by atoms with Crippen molar-refractivity contribution in [3.05, 3.63) is 29.8 Å². The summed E-state index contributed by atoms with van der Waals surface area (Å²) in [5.74, 6) is -0.0491. The van der Waals surface area contributed by atoms with E-state index in [1.54, 1.807) is 0 Å². The first-order valence-corrected chi connectivity index (χ1v) is 7.31. The predicted octanol–water partition coefficient (Wildman–Crippen LogP) is 2.24. The molecule has 0 radical (unpaired) electrons. The maximum Gasteiger partial charge on any atom is 0.238 e. The summed E-state index contributed by atoms with van der Waals surface area (Å²) in [4.78, 5) is 25.1. The molecule has 4 nitrogen and oxygen atoms in total. The van der Waals surface area contributed by atoms with Crippen LogP contribution in [0.5, 0.6) is 0 Å². The summed E-state index contributed by atoms with van der Waals surface area (Å²) < 4.78 is 0. The van der Waals surface area contributed by atoms with Gasteiger partial charge in [-0.1, -0.05) is 25.5 Å². The molecule has 1 aromatic rings. The predicted molar refractivity (Wildman–Crippen MR) is 79.7 cm³/mol. The minimum absolute atomic E-state index is 0.0491. The van der Waals surface area contributed by atoms with Gasteiger partial charge >= 0.3 is 0 Å². The lowest BCUT2D eigenvalue weighted by Crippen LogP contribution is -2.44. The fourth-order valence-electron chi connectivity index (χ4n) is 2.62. The van der Waals surface area contributed by atoms with Crippen LogP contribution in [0.1, 0.15) is 31.7 Å². The summed E-state index contributed by atoms with van der Waals surface area (Å²) in [7, 11) is 0. The van der Waals surface area contributed by atoms with Crippen LogP contribution in [-0.4, -0.2) is 36.2 Å². The molecule has 0 bridgehead atoms. The molecule has 0 spiro atoms. The van der Waals surface area contributed by atoms with E-state index in [4.69, 9.17) is 0 Å². The highest BCUT2D eigenvalue weighted by atomic mass is 16.2. The molecule has 1 amide bonds. The highest BCUT2D eigenvalue weighted by Gasteiger charge is 2.23. The van der Waals surface area contributed by atoms with E-state index in [0.29, 0.717) is 6.54 Å². The molecule has 0 aliphatic carbocycles. The quantitative estimate of drug-likeness (QED) is 0.838. The van der Waals surface area contributed by atoms with Gasteiger partial charge in [-0.05, 0) is 43.5 Å². The number of aryl methyl sites for hydroxylation is 1. The molecule has 4 heteroatoms. The fraction of sp³-hybridized carbons (Fsp3) is 0.500. The van der Waals surface area contributed by atoms with Gasteiger partial charge in [-0.25, -0.2) is 0 Å². The Morgan fingerprint density at radius 3 is 3.05 bits per heavy atom. The molecular weight excluding hydrogens is 252 g/mol. The second-order valence-electron chi connectivity index (χ2n) is 5.27. The maximum absolute atomic E-state index is 12.1. The fourth-order valence-corrected chi connectivity index (χ4v) is 2.62. The second-order valence-corrected chi connectivity index (χ2v) is 5.27. The lowest BCUT2D eigenvalue weighted by Gasteiger charge is -2.31. The van der Waals surface area contributed by atoms with E-state index in [0.717, 1.165) is 44.2 Å². The Bertz CT molecular complexity index is 473. The molecule has 1 unspecified atom stereocenters. The number of aldehydes is 1. The van der Waals surface area contributed by atoms with E-state index in [-0.39, 0.29) is 11.9 Å². The molecule has 1 aromatic carbocycles. The van der Waals surface area contributed by atoms with Crippen molar-refractivity contribution in [2.24, 2.45) is 0 Å². The number of hydrogen-bond donors (Lipinski definition) is 1. The Morgan fingerprint density at radius 2 is 2.30 bits per heavy atom. The van der Waals surface area contributed by atoms with Crippen molar-refractivity contribution in [2.75, 3.05) is 18.4 Å². The highest BCUT2D eigenvalue weighted by Crippen LogP contribution is 2.16. The third-order valence-electron chi connectivity index (χ3n) is 3.79. The van der Waals surface area contributed by atoms with Crippen molar-refractivity contribution in [3.8, 4) is 0 Å². The zero-order valence-electron chi connectivity index (χ0n) is 12.0. The Kier molecular flexibility index (Phi) is 5.30. The van der Waals surface area contributed by atoms with Gasteiger partial charge in [0.2, 0.25) is 5.91 Å².